The maximum atomic E-state index is 3.99. The van der Waals surface area contributed by atoms with E-state index in [0.717, 1.165) is 0 Å². The van der Waals surface area contributed by atoms with Gasteiger partial charge in [-0.1, -0.05) is 0 Å². The molecule has 0 unspecified atom stereocenters. The number of imidazole rings is 1. The second-order valence-electron chi connectivity index (χ2n) is 2.33. The molecule has 0 saturated carbocycles. The highest BCUT2D eigenvalue weighted by Crippen LogP contribution is 2.18. The molecule has 0 aliphatic rings. The summed E-state index contributed by atoms with van der Waals surface area (Å²) in [5, 5.41) is 2.09. The number of hydrogen-bond acceptors (Lipinski definition) is 2. The monoisotopic (exact) mass is 164 g/mol. The molecule has 0 atom stereocenters. The topological polar surface area (TPSA) is 17.8 Å². The average Bonchev–Trinajstić information content (AvgIpc) is 2.55. The highest BCUT2D eigenvalue weighted by molar-refractivity contribution is 7.10. The zero-order valence-electron chi connectivity index (χ0n) is 6.19. The molecular formula is C8H8N2S. The SMILES string of the molecule is Cc1sccc1-n1ccnc1. The van der Waals surface area contributed by atoms with Gasteiger partial charge in [0.25, 0.3) is 0 Å². The van der Waals surface area contributed by atoms with Crippen molar-refractivity contribution in [1.82, 2.24) is 9.55 Å². The fraction of sp³-hybridized carbons (Fsp3) is 0.125. The van der Waals surface area contributed by atoms with Gasteiger partial charge in [-0.2, -0.15) is 0 Å². The van der Waals surface area contributed by atoms with Crippen molar-refractivity contribution >= 4 is 11.3 Å². The van der Waals surface area contributed by atoms with E-state index in [-0.39, 0.29) is 0 Å². The Morgan fingerprint density at radius 1 is 1.55 bits per heavy atom. The van der Waals surface area contributed by atoms with Crippen molar-refractivity contribution in [3.05, 3.63) is 35.0 Å². The van der Waals surface area contributed by atoms with Crippen molar-refractivity contribution in [3.63, 3.8) is 0 Å². The highest BCUT2D eigenvalue weighted by Gasteiger charge is 1.99. The summed E-state index contributed by atoms with van der Waals surface area (Å²) in [5.41, 5.74) is 1.23. The van der Waals surface area contributed by atoms with Crippen LogP contribution in [0, 0.1) is 6.92 Å². The lowest BCUT2D eigenvalue weighted by Gasteiger charge is -1.97. The van der Waals surface area contributed by atoms with Gasteiger partial charge in [0.05, 0.1) is 12.0 Å². The molecule has 11 heavy (non-hydrogen) atoms. The van der Waals surface area contributed by atoms with Crippen LogP contribution in [0.4, 0.5) is 0 Å². The molecule has 0 aliphatic heterocycles. The van der Waals surface area contributed by atoms with Crippen LogP contribution in [0.15, 0.2) is 30.2 Å². The van der Waals surface area contributed by atoms with Crippen molar-refractivity contribution in [2.24, 2.45) is 0 Å². The van der Waals surface area contributed by atoms with Crippen molar-refractivity contribution < 1.29 is 0 Å². The number of hydrogen-bond donors (Lipinski definition) is 0. The molecule has 2 heterocycles. The van der Waals surface area contributed by atoms with Gasteiger partial charge in [-0.25, -0.2) is 4.98 Å². The Labute approximate surface area is 69.1 Å². The zero-order chi connectivity index (χ0) is 7.68. The Morgan fingerprint density at radius 2 is 2.45 bits per heavy atom. The third kappa shape index (κ3) is 1.07. The molecule has 3 heteroatoms. The Kier molecular flexibility index (Phi) is 1.51. The van der Waals surface area contributed by atoms with E-state index < -0.39 is 0 Å². The predicted octanol–water partition coefficient (Wildman–Crippen LogP) is 2.24. The lowest BCUT2D eigenvalue weighted by atomic mass is 10.4. The fourth-order valence-electron chi connectivity index (χ4n) is 1.05. The van der Waals surface area contributed by atoms with E-state index in [1.54, 1.807) is 17.5 Å². The minimum atomic E-state index is 1.23. The summed E-state index contributed by atoms with van der Waals surface area (Å²) in [6.45, 7) is 2.11. The first-order chi connectivity index (χ1) is 5.38. The summed E-state index contributed by atoms with van der Waals surface area (Å²) < 4.78 is 2.02. The molecule has 2 nitrogen and oxygen atoms in total. The van der Waals surface area contributed by atoms with Crippen LogP contribution in [0.2, 0.25) is 0 Å². The number of nitrogens with zero attached hydrogens (tertiary/aromatic N) is 2. The molecule has 2 aromatic heterocycles. The molecule has 0 spiro atoms. The van der Waals surface area contributed by atoms with Crippen molar-refractivity contribution in [2.45, 2.75) is 6.92 Å². The van der Waals surface area contributed by atoms with Crippen LogP contribution in [-0.4, -0.2) is 9.55 Å². The molecule has 56 valence electrons. The van der Waals surface area contributed by atoms with E-state index in [9.17, 15) is 0 Å². The van der Waals surface area contributed by atoms with Gasteiger partial charge in [-0.15, -0.1) is 11.3 Å². The van der Waals surface area contributed by atoms with Crippen LogP contribution < -0.4 is 0 Å². The van der Waals surface area contributed by atoms with Gasteiger partial charge in [0.1, 0.15) is 0 Å². The first-order valence-electron chi connectivity index (χ1n) is 3.40. The number of rotatable bonds is 1. The smallest absolute Gasteiger partial charge is 0.0992 e. The maximum absolute atomic E-state index is 3.99. The Morgan fingerprint density at radius 3 is 3.00 bits per heavy atom. The van der Waals surface area contributed by atoms with Crippen LogP contribution >= 0.6 is 11.3 Å². The largest absolute Gasteiger partial charge is 0.305 e. The minimum Gasteiger partial charge on any atom is -0.305 e. The summed E-state index contributed by atoms with van der Waals surface area (Å²) in [6, 6.07) is 2.10. The maximum Gasteiger partial charge on any atom is 0.0992 e. The van der Waals surface area contributed by atoms with Crippen LogP contribution in [0.5, 0.6) is 0 Å². The number of aryl methyl sites for hydroxylation is 1. The van der Waals surface area contributed by atoms with Gasteiger partial charge in [0.15, 0.2) is 0 Å². The van der Waals surface area contributed by atoms with Crippen LogP contribution in [0.25, 0.3) is 5.69 Å². The van der Waals surface area contributed by atoms with Gasteiger partial charge in [-0.3, -0.25) is 0 Å². The van der Waals surface area contributed by atoms with Gasteiger partial charge >= 0.3 is 0 Å². The summed E-state index contributed by atoms with van der Waals surface area (Å²) >= 11 is 1.75. The van der Waals surface area contributed by atoms with Gasteiger partial charge in [-0.05, 0) is 18.4 Å². The van der Waals surface area contributed by atoms with Crippen molar-refractivity contribution in [2.75, 3.05) is 0 Å². The highest BCUT2D eigenvalue weighted by atomic mass is 32.1. The van der Waals surface area contributed by atoms with E-state index in [1.807, 2.05) is 17.1 Å². The second kappa shape index (κ2) is 2.51. The van der Waals surface area contributed by atoms with Gasteiger partial charge in [0.2, 0.25) is 0 Å². The molecule has 2 rings (SSSR count). The quantitative estimate of drug-likeness (QED) is 0.632. The first kappa shape index (κ1) is 6.61. The molecule has 0 saturated heterocycles. The molecule has 0 amide bonds. The Hall–Kier alpha value is -1.09. The second-order valence-corrected chi connectivity index (χ2v) is 3.45. The van der Waals surface area contributed by atoms with Crippen molar-refractivity contribution in [3.8, 4) is 5.69 Å². The predicted molar refractivity (Wildman–Crippen MR) is 46.2 cm³/mol. The zero-order valence-corrected chi connectivity index (χ0v) is 7.01. The number of aromatic nitrogens is 2. The van der Waals surface area contributed by atoms with E-state index in [1.165, 1.54) is 10.6 Å². The third-order valence-electron chi connectivity index (χ3n) is 1.61. The number of thiophene rings is 1. The Bertz CT molecular complexity index is 335. The lowest BCUT2D eigenvalue weighted by Crippen LogP contribution is -1.87. The Balaban J connectivity index is 2.53. The first-order valence-corrected chi connectivity index (χ1v) is 4.28. The molecule has 0 bridgehead atoms. The van der Waals surface area contributed by atoms with Crippen molar-refractivity contribution in [1.29, 1.82) is 0 Å². The summed E-state index contributed by atoms with van der Waals surface area (Å²) in [4.78, 5) is 5.31. The van der Waals surface area contributed by atoms with Gasteiger partial charge in [0, 0.05) is 17.3 Å². The van der Waals surface area contributed by atoms with E-state index in [0.29, 0.717) is 0 Å². The van der Waals surface area contributed by atoms with Crippen LogP contribution in [0.1, 0.15) is 4.88 Å². The fourth-order valence-corrected chi connectivity index (χ4v) is 1.74. The standard InChI is InChI=1S/C8H8N2S/c1-7-8(2-5-11-7)10-4-3-9-6-10/h2-6H,1H3. The minimum absolute atomic E-state index is 1.23. The molecule has 2 aromatic rings. The molecule has 0 radical (unpaired) electrons. The van der Waals surface area contributed by atoms with E-state index in [4.69, 9.17) is 0 Å². The third-order valence-corrected chi connectivity index (χ3v) is 2.45. The van der Waals surface area contributed by atoms with E-state index in [2.05, 4.69) is 23.4 Å². The average molecular weight is 164 g/mol. The summed E-state index contributed by atoms with van der Waals surface area (Å²) in [7, 11) is 0. The lowest BCUT2D eigenvalue weighted by molar-refractivity contribution is 1.05. The molecular weight excluding hydrogens is 156 g/mol. The van der Waals surface area contributed by atoms with Crippen LogP contribution in [0.3, 0.4) is 0 Å². The molecule has 0 aliphatic carbocycles. The normalized spacial score (nSPS) is 10.3. The van der Waals surface area contributed by atoms with Crippen LogP contribution in [-0.2, 0) is 0 Å². The van der Waals surface area contributed by atoms with E-state index >= 15 is 0 Å². The molecule has 0 fully saturated rings. The van der Waals surface area contributed by atoms with Gasteiger partial charge < -0.3 is 4.57 Å². The molecule has 0 N–H and O–H groups in total. The molecule has 0 aromatic carbocycles. The summed E-state index contributed by atoms with van der Waals surface area (Å²) in [5.74, 6) is 0. The summed E-state index contributed by atoms with van der Waals surface area (Å²) in [6.07, 6.45) is 5.56.